The third-order valence-corrected chi connectivity index (χ3v) is 5.24. The molecule has 0 aromatic heterocycles. The number of halogens is 2. The van der Waals surface area contributed by atoms with Crippen LogP contribution >= 0.6 is 11.6 Å². The average Bonchev–Trinajstić information content (AvgIpc) is 2.94. The summed E-state index contributed by atoms with van der Waals surface area (Å²) < 4.78 is 38.1. The van der Waals surface area contributed by atoms with Crippen LogP contribution in [-0.4, -0.2) is 27.2 Å². The predicted molar refractivity (Wildman–Crippen MR) is 96.4 cm³/mol. The van der Waals surface area contributed by atoms with Crippen molar-refractivity contribution in [3.8, 4) is 0 Å². The lowest BCUT2D eigenvalue weighted by molar-refractivity contribution is 0.262. The fourth-order valence-corrected chi connectivity index (χ4v) is 3.77. The van der Waals surface area contributed by atoms with Crippen molar-refractivity contribution in [2.45, 2.75) is 6.42 Å². The smallest absolute Gasteiger partial charge is 0.308 e. The molecule has 6 nitrogen and oxygen atoms in total. The molecular weight excluding hydrogens is 369 g/mol. The summed E-state index contributed by atoms with van der Waals surface area (Å²) in [4.78, 5) is 12.1. The van der Waals surface area contributed by atoms with E-state index in [0.717, 1.165) is 17.9 Å². The second-order valence-electron chi connectivity index (χ2n) is 5.64. The summed E-state index contributed by atoms with van der Waals surface area (Å²) >= 11 is 5.67. The summed E-state index contributed by atoms with van der Waals surface area (Å²) in [7, 11) is -3.36. The molecule has 0 unspecified atom stereocenters. The fraction of sp³-hybridized carbons (Fsp3) is 0.188. The van der Waals surface area contributed by atoms with Crippen LogP contribution in [0.4, 0.5) is 26.2 Å². The van der Waals surface area contributed by atoms with E-state index in [1.807, 2.05) is 0 Å². The molecule has 0 atom stereocenters. The highest BCUT2D eigenvalue weighted by Gasteiger charge is 2.26. The van der Waals surface area contributed by atoms with Gasteiger partial charge in [-0.3, -0.25) is 4.31 Å². The Bertz CT molecular complexity index is 950. The highest BCUT2D eigenvalue weighted by molar-refractivity contribution is 7.92. The Hall–Kier alpha value is -2.32. The Balaban J connectivity index is 1.75. The third kappa shape index (κ3) is 3.85. The van der Waals surface area contributed by atoms with Gasteiger partial charge in [0.05, 0.1) is 17.0 Å². The first kappa shape index (κ1) is 17.5. The molecule has 2 aromatic rings. The molecule has 2 aromatic carbocycles. The van der Waals surface area contributed by atoms with Crippen LogP contribution in [0, 0.1) is 5.82 Å². The maximum absolute atomic E-state index is 13.1. The van der Waals surface area contributed by atoms with Gasteiger partial charge in [-0.2, -0.15) is 0 Å². The van der Waals surface area contributed by atoms with E-state index in [1.54, 1.807) is 18.2 Å². The summed E-state index contributed by atoms with van der Waals surface area (Å²) in [5.41, 5.74) is 2.25. The molecule has 1 aliphatic rings. The number of rotatable bonds is 3. The van der Waals surface area contributed by atoms with Gasteiger partial charge in [-0.25, -0.2) is 17.6 Å². The van der Waals surface area contributed by atoms with Crippen LogP contribution in [0.5, 0.6) is 0 Å². The molecule has 0 saturated heterocycles. The van der Waals surface area contributed by atoms with Crippen molar-refractivity contribution in [1.29, 1.82) is 0 Å². The number of anilines is 3. The Morgan fingerprint density at radius 1 is 1.16 bits per heavy atom. The summed E-state index contributed by atoms with van der Waals surface area (Å²) in [6.45, 7) is 0.387. The number of carbonyl (C=O) groups is 1. The Morgan fingerprint density at radius 3 is 2.44 bits per heavy atom. The third-order valence-electron chi connectivity index (χ3n) is 3.77. The van der Waals surface area contributed by atoms with Crippen molar-refractivity contribution >= 4 is 44.7 Å². The number of sulfonamides is 1. The van der Waals surface area contributed by atoms with Crippen LogP contribution in [0.2, 0.25) is 5.02 Å². The summed E-state index contributed by atoms with van der Waals surface area (Å²) in [6.07, 6.45) is 1.77. The molecule has 0 aliphatic carbocycles. The topological polar surface area (TPSA) is 78.5 Å². The normalized spacial score (nSPS) is 13.5. The largest absolute Gasteiger partial charge is 0.323 e. The number of fused-ring (bicyclic) bond motifs is 1. The number of hydrogen-bond acceptors (Lipinski definition) is 3. The number of nitrogens with one attached hydrogen (secondary N) is 2. The van der Waals surface area contributed by atoms with Gasteiger partial charge in [0.25, 0.3) is 0 Å². The molecule has 0 bridgehead atoms. The van der Waals surface area contributed by atoms with Crippen LogP contribution in [0.1, 0.15) is 5.56 Å². The zero-order valence-corrected chi connectivity index (χ0v) is 14.8. The summed E-state index contributed by atoms with van der Waals surface area (Å²) in [5, 5.41) is 5.05. The number of amides is 2. The lowest BCUT2D eigenvalue weighted by Gasteiger charge is -2.17. The van der Waals surface area contributed by atoms with Gasteiger partial charge >= 0.3 is 6.03 Å². The maximum Gasteiger partial charge on any atom is 0.323 e. The first-order valence-corrected chi connectivity index (χ1v) is 9.60. The lowest BCUT2D eigenvalue weighted by atomic mass is 10.1. The molecule has 3 rings (SSSR count). The standard InChI is InChI=1S/C16H15ClFN3O3S/c1-25(23,24)21-7-6-10-2-3-12(9-15(10)21)20-16(22)19-11-4-5-14(18)13(17)8-11/h2-5,8-9H,6-7H2,1H3,(H2,19,20,22). The highest BCUT2D eigenvalue weighted by atomic mass is 35.5. The van der Waals surface area contributed by atoms with Gasteiger partial charge in [0.2, 0.25) is 10.0 Å². The van der Waals surface area contributed by atoms with Crippen molar-refractivity contribution < 1.29 is 17.6 Å². The number of nitrogens with zero attached hydrogens (tertiary/aromatic N) is 1. The minimum absolute atomic E-state index is 0.0980. The first-order valence-electron chi connectivity index (χ1n) is 7.38. The summed E-state index contributed by atoms with van der Waals surface area (Å²) in [5.74, 6) is -0.577. The number of urea groups is 1. The molecule has 2 amide bonds. The van der Waals surface area contributed by atoms with E-state index in [-0.39, 0.29) is 5.02 Å². The van der Waals surface area contributed by atoms with Crippen molar-refractivity contribution in [1.82, 2.24) is 0 Å². The van der Waals surface area contributed by atoms with Crippen LogP contribution in [-0.2, 0) is 16.4 Å². The average molecular weight is 384 g/mol. The van der Waals surface area contributed by atoms with E-state index in [9.17, 15) is 17.6 Å². The van der Waals surface area contributed by atoms with Gasteiger partial charge < -0.3 is 10.6 Å². The van der Waals surface area contributed by atoms with Gasteiger partial charge in [0, 0.05) is 17.9 Å². The van der Waals surface area contributed by atoms with Gasteiger partial charge in [0.1, 0.15) is 5.82 Å². The SMILES string of the molecule is CS(=O)(=O)N1CCc2ccc(NC(=O)Nc3ccc(F)c(Cl)c3)cc21. The van der Waals surface area contributed by atoms with E-state index < -0.39 is 21.9 Å². The maximum atomic E-state index is 13.1. The molecule has 0 fully saturated rings. The van der Waals surface area contributed by atoms with E-state index in [2.05, 4.69) is 10.6 Å². The van der Waals surface area contributed by atoms with E-state index in [1.165, 1.54) is 16.4 Å². The molecular formula is C16H15ClFN3O3S. The molecule has 9 heteroatoms. The Labute approximate surface area is 149 Å². The first-order chi connectivity index (χ1) is 11.7. The molecule has 132 valence electrons. The molecule has 0 spiro atoms. The van der Waals surface area contributed by atoms with Gasteiger partial charge in [-0.15, -0.1) is 0 Å². The molecule has 1 heterocycles. The monoisotopic (exact) mass is 383 g/mol. The quantitative estimate of drug-likeness (QED) is 0.852. The fourth-order valence-electron chi connectivity index (χ4n) is 2.64. The van der Waals surface area contributed by atoms with E-state index >= 15 is 0 Å². The van der Waals surface area contributed by atoms with Crippen LogP contribution in [0.3, 0.4) is 0 Å². The van der Waals surface area contributed by atoms with Crippen LogP contribution < -0.4 is 14.9 Å². The number of hydrogen-bond donors (Lipinski definition) is 2. The highest BCUT2D eigenvalue weighted by Crippen LogP contribution is 2.32. The predicted octanol–water partition coefficient (Wildman–Crippen LogP) is 3.45. The van der Waals surface area contributed by atoms with Crippen molar-refractivity contribution in [3.63, 3.8) is 0 Å². The molecule has 0 radical (unpaired) electrons. The second-order valence-corrected chi connectivity index (χ2v) is 7.95. The Morgan fingerprint density at radius 2 is 1.80 bits per heavy atom. The number of benzene rings is 2. The van der Waals surface area contributed by atoms with Gasteiger partial charge in [-0.1, -0.05) is 17.7 Å². The van der Waals surface area contributed by atoms with Gasteiger partial charge in [0.15, 0.2) is 0 Å². The second kappa shape index (κ2) is 6.53. The minimum Gasteiger partial charge on any atom is -0.308 e. The molecule has 2 N–H and O–H groups in total. The zero-order chi connectivity index (χ0) is 18.2. The Kier molecular flexibility index (Phi) is 4.57. The van der Waals surface area contributed by atoms with E-state index in [4.69, 9.17) is 11.6 Å². The summed E-state index contributed by atoms with van der Waals surface area (Å²) in [6, 6.07) is 8.37. The lowest BCUT2D eigenvalue weighted by Crippen LogP contribution is -2.27. The van der Waals surface area contributed by atoms with Crippen molar-refractivity contribution in [2.24, 2.45) is 0 Å². The zero-order valence-electron chi connectivity index (χ0n) is 13.2. The minimum atomic E-state index is -3.36. The van der Waals surface area contributed by atoms with Crippen molar-refractivity contribution in [3.05, 3.63) is 52.8 Å². The molecule has 0 saturated carbocycles. The van der Waals surface area contributed by atoms with Crippen LogP contribution in [0.25, 0.3) is 0 Å². The number of carbonyl (C=O) groups excluding carboxylic acids is 1. The molecule has 25 heavy (non-hydrogen) atoms. The van der Waals surface area contributed by atoms with Crippen molar-refractivity contribution in [2.75, 3.05) is 27.7 Å². The van der Waals surface area contributed by atoms with E-state index in [0.29, 0.717) is 30.0 Å². The molecule has 1 aliphatic heterocycles. The van der Waals surface area contributed by atoms with Crippen LogP contribution in [0.15, 0.2) is 36.4 Å². The van der Waals surface area contributed by atoms with Gasteiger partial charge in [-0.05, 0) is 42.3 Å².